The van der Waals surface area contributed by atoms with E-state index >= 15 is 0 Å². The number of carbonyl (C=O) groups is 1. The summed E-state index contributed by atoms with van der Waals surface area (Å²) in [6.45, 7) is 0.411. The summed E-state index contributed by atoms with van der Waals surface area (Å²) in [6.07, 6.45) is 1.93. The molecule has 0 bridgehead atoms. The molecular formula is C26H18ClNO2S. The lowest BCUT2D eigenvalue weighted by Crippen LogP contribution is -2.17. The number of amides is 1. The fourth-order valence-corrected chi connectivity index (χ4v) is 4.58. The van der Waals surface area contributed by atoms with Crippen LogP contribution in [-0.2, 0) is 11.4 Å². The maximum absolute atomic E-state index is 12.8. The Kier molecular flexibility index (Phi) is 5.41. The second kappa shape index (κ2) is 8.50. The summed E-state index contributed by atoms with van der Waals surface area (Å²) in [5.41, 5.74) is 2.76. The van der Waals surface area contributed by atoms with Crippen LogP contribution in [-0.4, -0.2) is 5.91 Å². The fraction of sp³-hybridized carbons (Fsp3) is 0.0385. The zero-order valence-electron chi connectivity index (χ0n) is 16.5. The van der Waals surface area contributed by atoms with E-state index in [1.807, 2.05) is 78.9 Å². The molecule has 5 heteroatoms. The van der Waals surface area contributed by atoms with Crippen molar-refractivity contribution < 1.29 is 9.53 Å². The summed E-state index contributed by atoms with van der Waals surface area (Å²) < 4.78 is 6.19. The Morgan fingerprint density at radius 3 is 2.55 bits per heavy atom. The fourth-order valence-electron chi connectivity index (χ4n) is 3.53. The Hall–Kier alpha value is -3.21. The Morgan fingerprint density at radius 1 is 0.903 bits per heavy atom. The van der Waals surface area contributed by atoms with Crippen LogP contribution in [0.1, 0.15) is 11.1 Å². The number of anilines is 1. The largest absolute Gasteiger partial charge is 0.488 e. The van der Waals surface area contributed by atoms with Gasteiger partial charge >= 0.3 is 0 Å². The third-order valence-electron chi connectivity index (χ3n) is 5.09. The van der Waals surface area contributed by atoms with E-state index in [9.17, 15) is 4.79 Å². The summed E-state index contributed by atoms with van der Waals surface area (Å²) in [6, 6.07) is 27.5. The van der Waals surface area contributed by atoms with Gasteiger partial charge in [-0.2, -0.15) is 0 Å². The first-order chi connectivity index (χ1) is 15.2. The summed E-state index contributed by atoms with van der Waals surface area (Å²) in [5, 5.41) is 5.80. The number of thioether (sulfide) groups is 1. The van der Waals surface area contributed by atoms with Gasteiger partial charge in [0.05, 0.1) is 10.6 Å². The first-order valence-electron chi connectivity index (χ1n) is 9.86. The van der Waals surface area contributed by atoms with Gasteiger partial charge in [-0.25, -0.2) is 0 Å². The zero-order valence-corrected chi connectivity index (χ0v) is 18.0. The molecule has 0 saturated carbocycles. The zero-order chi connectivity index (χ0) is 21.2. The van der Waals surface area contributed by atoms with Crippen LogP contribution >= 0.6 is 23.4 Å². The molecule has 4 aromatic rings. The third kappa shape index (κ3) is 4.18. The van der Waals surface area contributed by atoms with Crippen LogP contribution in [0.4, 0.5) is 5.69 Å². The van der Waals surface area contributed by atoms with Crippen LogP contribution in [0.2, 0.25) is 5.02 Å². The first-order valence-corrected chi connectivity index (χ1v) is 11.1. The molecule has 1 N–H and O–H groups in total. The standard InChI is InChI=1S/C26H18ClNO2S/c27-19-12-9-17(10-13-19)16-30-23-14-11-18-5-1-2-6-20(18)21(23)15-25-26(29)28-22-7-3-4-8-24(22)31-25/h1-15H,16H2,(H,28,29)/b25-15-. The van der Waals surface area contributed by atoms with Crippen LogP contribution in [0.5, 0.6) is 5.75 Å². The lowest BCUT2D eigenvalue weighted by atomic mass is 10.0. The SMILES string of the molecule is O=C1Nc2ccccc2S/C1=C\c1c(OCc2ccc(Cl)cc2)ccc2ccccc12. The van der Waals surface area contributed by atoms with Gasteiger partial charge in [0, 0.05) is 15.5 Å². The highest BCUT2D eigenvalue weighted by Crippen LogP contribution is 2.40. The predicted molar refractivity (Wildman–Crippen MR) is 129 cm³/mol. The number of fused-ring (bicyclic) bond motifs is 2. The molecule has 4 aromatic carbocycles. The average Bonchev–Trinajstić information content (AvgIpc) is 2.80. The Bertz CT molecular complexity index is 1310. The number of para-hydroxylation sites is 1. The van der Waals surface area contributed by atoms with Crippen molar-refractivity contribution in [3.63, 3.8) is 0 Å². The van der Waals surface area contributed by atoms with Gasteiger partial charge in [-0.05, 0) is 52.7 Å². The van der Waals surface area contributed by atoms with Gasteiger partial charge in [-0.3, -0.25) is 4.79 Å². The highest BCUT2D eigenvalue weighted by atomic mass is 35.5. The highest BCUT2D eigenvalue weighted by Gasteiger charge is 2.21. The van der Waals surface area contributed by atoms with Crippen LogP contribution in [0.25, 0.3) is 16.8 Å². The van der Waals surface area contributed by atoms with E-state index in [1.54, 1.807) is 0 Å². The van der Waals surface area contributed by atoms with Gasteiger partial charge in [0.1, 0.15) is 12.4 Å². The smallest absolute Gasteiger partial charge is 0.262 e. The predicted octanol–water partition coefficient (Wildman–Crippen LogP) is 7.16. The number of halogens is 1. The van der Waals surface area contributed by atoms with Crippen molar-refractivity contribution in [2.45, 2.75) is 11.5 Å². The monoisotopic (exact) mass is 443 g/mol. The van der Waals surface area contributed by atoms with Gasteiger partial charge < -0.3 is 10.1 Å². The van der Waals surface area contributed by atoms with Crippen LogP contribution in [0.15, 0.2) is 94.7 Å². The number of hydrogen-bond acceptors (Lipinski definition) is 3. The topological polar surface area (TPSA) is 38.3 Å². The van der Waals surface area contributed by atoms with Crippen LogP contribution < -0.4 is 10.1 Å². The van der Waals surface area contributed by atoms with Crippen molar-refractivity contribution >= 4 is 51.8 Å². The molecule has 1 aliphatic heterocycles. The van der Waals surface area contributed by atoms with Gasteiger partial charge in [0.15, 0.2) is 0 Å². The normalized spacial score (nSPS) is 14.4. The van der Waals surface area contributed by atoms with Crippen molar-refractivity contribution in [1.82, 2.24) is 0 Å². The maximum atomic E-state index is 12.8. The number of ether oxygens (including phenoxy) is 1. The molecule has 31 heavy (non-hydrogen) atoms. The van der Waals surface area contributed by atoms with E-state index < -0.39 is 0 Å². The Labute approximate surface area is 189 Å². The summed E-state index contributed by atoms with van der Waals surface area (Å²) in [5.74, 6) is 0.619. The Morgan fingerprint density at radius 2 is 1.68 bits per heavy atom. The van der Waals surface area contributed by atoms with Gasteiger partial charge in [-0.15, -0.1) is 0 Å². The average molecular weight is 444 g/mol. The molecular weight excluding hydrogens is 426 g/mol. The van der Waals surface area contributed by atoms with Gasteiger partial charge in [0.2, 0.25) is 0 Å². The summed E-state index contributed by atoms with van der Waals surface area (Å²) >= 11 is 7.46. The van der Waals surface area contributed by atoms with Crippen LogP contribution in [0, 0.1) is 0 Å². The van der Waals surface area contributed by atoms with E-state index in [1.165, 1.54) is 11.8 Å². The van der Waals surface area contributed by atoms with Crippen molar-refractivity contribution in [2.24, 2.45) is 0 Å². The second-order valence-corrected chi connectivity index (χ2v) is 8.69. The molecule has 1 heterocycles. The minimum atomic E-state index is -0.111. The Balaban J connectivity index is 1.54. The van der Waals surface area contributed by atoms with E-state index in [0.29, 0.717) is 16.5 Å². The molecule has 3 nitrogen and oxygen atoms in total. The molecule has 152 valence electrons. The number of hydrogen-bond donors (Lipinski definition) is 1. The van der Waals surface area contributed by atoms with Gasteiger partial charge in [-0.1, -0.05) is 78.0 Å². The quantitative estimate of drug-likeness (QED) is 0.340. The first kappa shape index (κ1) is 19.7. The van der Waals surface area contributed by atoms with Crippen molar-refractivity contribution in [3.05, 3.63) is 106 Å². The van der Waals surface area contributed by atoms with E-state index in [2.05, 4.69) is 17.4 Å². The third-order valence-corrected chi connectivity index (χ3v) is 6.44. The number of benzene rings is 4. The van der Waals surface area contributed by atoms with E-state index in [-0.39, 0.29) is 5.91 Å². The second-order valence-electron chi connectivity index (χ2n) is 7.17. The highest BCUT2D eigenvalue weighted by molar-refractivity contribution is 8.04. The number of rotatable bonds is 4. The van der Waals surface area contributed by atoms with Crippen molar-refractivity contribution in [1.29, 1.82) is 0 Å². The molecule has 0 saturated heterocycles. The molecule has 0 aromatic heterocycles. The molecule has 0 spiro atoms. The van der Waals surface area contributed by atoms with Gasteiger partial charge in [0.25, 0.3) is 5.91 Å². The van der Waals surface area contributed by atoms with Crippen molar-refractivity contribution in [2.75, 3.05) is 5.32 Å². The van der Waals surface area contributed by atoms with Crippen molar-refractivity contribution in [3.8, 4) is 5.75 Å². The molecule has 0 fully saturated rings. The molecule has 1 aliphatic rings. The molecule has 1 amide bonds. The maximum Gasteiger partial charge on any atom is 0.262 e. The number of nitrogens with one attached hydrogen (secondary N) is 1. The lowest BCUT2D eigenvalue weighted by molar-refractivity contribution is -0.112. The lowest BCUT2D eigenvalue weighted by Gasteiger charge is -2.19. The molecule has 0 unspecified atom stereocenters. The summed E-state index contributed by atoms with van der Waals surface area (Å²) in [7, 11) is 0. The molecule has 5 rings (SSSR count). The molecule has 0 aliphatic carbocycles. The van der Waals surface area contributed by atoms with E-state index in [0.717, 1.165) is 38.2 Å². The molecule has 0 atom stereocenters. The summed E-state index contributed by atoms with van der Waals surface area (Å²) in [4.78, 5) is 14.4. The van der Waals surface area contributed by atoms with E-state index in [4.69, 9.17) is 16.3 Å². The van der Waals surface area contributed by atoms with Crippen LogP contribution in [0.3, 0.4) is 0 Å². The molecule has 0 radical (unpaired) electrons. The minimum Gasteiger partial charge on any atom is -0.488 e. The number of carbonyl (C=O) groups excluding carboxylic acids is 1. The minimum absolute atomic E-state index is 0.111.